The Kier molecular flexibility index (Phi) is 9.82. The highest BCUT2D eigenvalue weighted by Crippen LogP contribution is 2.35. The maximum atomic E-state index is 6.28. The standard InChI is InChI=1S/C52H40N2/c53-47-31-29-45(51(35-47)41-17-9-3-10-18-41)33-49(39-13-5-1-6-14-39)43-25-21-37(22-26-43)38-23-27-44(28-24-38)50(40-15-7-2-8-16-40)34-46-30-32-48(54)36-52(46)42-19-11-4-12-20-42/h1-36H,53-54H2. The van der Waals surface area contributed by atoms with E-state index in [2.05, 4.69) is 194 Å². The lowest BCUT2D eigenvalue weighted by Crippen LogP contribution is -1.93. The highest BCUT2D eigenvalue weighted by molar-refractivity contribution is 5.96. The Bertz CT molecular complexity index is 2370. The van der Waals surface area contributed by atoms with E-state index in [1.54, 1.807) is 0 Å². The Hall–Kier alpha value is -7.16. The number of hydrogen-bond donors (Lipinski definition) is 2. The topological polar surface area (TPSA) is 52.0 Å². The number of benzene rings is 8. The van der Waals surface area contributed by atoms with Crippen molar-refractivity contribution in [3.8, 4) is 33.4 Å². The van der Waals surface area contributed by atoms with Gasteiger partial charge in [-0.2, -0.15) is 0 Å². The summed E-state index contributed by atoms with van der Waals surface area (Å²) < 4.78 is 0. The molecule has 0 atom stereocenters. The van der Waals surface area contributed by atoms with Crippen LogP contribution in [0.2, 0.25) is 0 Å². The van der Waals surface area contributed by atoms with Gasteiger partial charge in [-0.15, -0.1) is 0 Å². The van der Waals surface area contributed by atoms with Crippen LogP contribution in [0.3, 0.4) is 0 Å². The molecule has 0 aromatic heterocycles. The first-order chi connectivity index (χ1) is 26.6. The summed E-state index contributed by atoms with van der Waals surface area (Å²) in [5.74, 6) is 0. The van der Waals surface area contributed by atoms with Crippen LogP contribution < -0.4 is 11.5 Å². The van der Waals surface area contributed by atoms with Crippen molar-refractivity contribution in [1.82, 2.24) is 0 Å². The summed E-state index contributed by atoms with van der Waals surface area (Å²) in [6, 6.07) is 72.1. The third kappa shape index (κ3) is 7.55. The monoisotopic (exact) mass is 692 g/mol. The van der Waals surface area contributed by atoms with Crippen molar-refractivity contribution in [2.24, 2.45) is 0 Å². The van der Waals surface area contributed by atoms with E-state index in [0.29, 0.717) is 0 Å². The summed E-state index contributed by atoms with van der Waals surface area (Å²) >= 11 is 0. The van der Waals surface area contributed by atoms with Gasteiger partial charge in [0.2, 0.25) is 0 Å². The molecule has 0 heterocycles. The molecular weight excluding hydrogens is 653 g/mol. The Labute approximate surface area is 318 Å². The van der Waals surface area contributed by atoms with Crippen LogP contribution in [0.4, 0.5) is 11.4 Å². The lowest BCUT2D eigenvalue weighted by molar-refractivity contribution is 1.52. The second-order valence-electron chi connectivity index (χ2n) is 13.4. The van der Waals surface area contributed by atoms with E-state index >= 15 is 0 Å². The van der Waals surface area contributed by atoms with Gasteiger partial charge in [0.25, 0.3) is 0 Å². The minimum absolute atomic E-state index is 0.746. The third-order valence-corrected chi connectivity index (χ3v) is 9.82. The predicted molar refractivity (Wildman–Crippen MR) is 231 cm³/mol. The largest absolute Gasteiger partial charge is 0.399 e. The van der Waals surface area contributed by atoms with Gasteiger partial charge in [-0.05, 0) is 114 Å². The number of anilines is 2. The fourth-order valence-electron chi connectivity index (χ4n) is 7.03. The molecule has 4 N–H and O–H groups in total. The molecule has 0 radical (unpaired) electrons. The summed E-state index contributed by atoms with van der Waals surface area (Å²) in [5, 5.41) is 0. The summed E-state index contributed by atoms with van der Waals surface area (Å²) in [6.07, 6.45) is 4.56. The lowest BCUT2D eigenvalue weighted by atomic mass is 9.90. The van der Waals surface area contributed by atoms with Gasteiger partial charge in [-0.25, -0.2) is 0 Å². The fourth-order valence-corrected chi connectivity index (χ4v) is 7.03. The van der Waals surface area contributed by atoms with Crippen molar-refractivity contribution in [1.29, 1.82) is 0 Å². The smallest absolute Gasteiger partial charge is 0.0320 e. The number of nitrogens with two attached hydrogens (primary N) is 2. The average Bonchev–Trinajstić information content (AvgIpc) is 3.24. The molecule has 0 unspecified atom stereocenters. The van der Waals surface area contributed by atoms with E-state index in [1.165, 1.54) is 0 Å². The molecule has 2 heteroatoms. The van der Waals surface area contributed by atoms with Crippen molar-refractivity contribution in [2.75, 3.05) is 11.5 Å². The second-order valence-corrected chi connectivity index (χ2v) is 13.4. The molecule has 54 heavy (non-hydrogen) atoms. The Morgan fingerprint density at radius 3 is 0.963 bits per heavy atom. The minimum Gasteiger partial charge on any atom is -0.399 e. The Morgan fingerprint density at radius 1 is 0.296 bits per heavy atom. The average molecular weight is 693 g/mol. The molecule has 0 fully saturated rings. The van der Waals surface area contributed by atoms with Crippen molar-refractivity contribution in [2.45, 2.75) is 0 Å². The van der Waals surface area contributed by atoms with Gasteiger partial charge in [-0.3, -0.25) is 0 Å². The fraction of sp³-hybridized carbons (Fsp3) is 0. The highest BCUT2D eigenvalue weighted by atomic mass is 14.5. The predicted octanol–water partition coefficient (Wildman–Crippen LogP) is 13.0. The molecule has 0 aliphatic rings. The van der Waals surface area contributed by atoms with Crippen LogP contribution in [0.5, 0.6) is 0 Å². The number of rotatable bonds is 9. The summed E-state index contributed by atoms with van der Waals surface area (Å²) in [7, 11) is 0. The molecule has 0 bridgehead atoms. The van der Waals surface area contributed by atoms with Crippen molar-refractivity contribution < 1.29 is 0 Å². The van der Waals surface area contributed by atoms with E-state index < -0.39 is 0 Å². The lowest BCUT2D eigenvalue weighted by Gasteiger charge is -2.14. The van der Waals surface area contributed by atoms with E-state index in [4.69, 9.17) is 11.5 Å². The normalized spacial score (nSPS) is 11.7. The van der Waals surface area contributed by atoms with Gasteiger partial charge in [0.15, 0.2) is 0 Å². The number of hydrogen-bond acceptors (Lipinski definition) is 2. The summed E-state index contributed by atoms with van der Waals surface area (Å²) in [6.45, 7) is 0. The van der Waals surface area contributed by atoms with Gasteiger partial charge in [0, 0.05) is 11.4 Å². The van der Waals surface area contributed by atoms with Gasteiger partial charge >= 0.3 is 0 Å². The summed E-state index contributed by atoms with van der Waals surface area (Å²) in [5.41, 5.74) is 30.0. The summed E-state index contributed by atoms with van der Waals surface area (Å²) in [4.78, 5) is 0. The van der Waals surface area contributed by atoms with Crippen LogP contribution >= 0.6 is 0 Å². The SMILES string of the molecule is Nc1ccc(C=C(c2ccccc2)c2ccc(-c3ccc(C(=Cc4ccc(N)cc4-c4ccccc4)c4ccccc4)cc3)cc2)c(-c2ccccc2)c1. The first-order valence-electron chi connectivity index (χ1n) is 18.2. The number of nitrogen functional groups attached to an aromatic ring is 2. The molecule has 8 aromatic rings. The Morgan fingerprint density at radius 2 is 0.611 bits per heavy atom. The quantitative estimate of drug-likeness (QED) is 0.117. The molecule has 0 amide bonds. The van der Waals surface area contributed by atoms with Gasteiger partial charge < -0.3 is 11.5 Å². The van der Waals surface area contributed by atoms with Crippen LogP contribution in [0, 0.1) is 0 Å². The maximum absolute atomic E-state index is 6.28. The zero-order valence-corrected chi connectivity index (χ0v) is 29.9. The molecule has 2 nitrogen and oxygen atoms in total. The molecule has 258 valence electrons. The van der Waals surface area contributed by atoms with Crippen LogP contribution in [0.25, 0.3) is 56.7 Å². The van der Waals surface area contributed by atoms with Crippen LogP contribution in [0.15, 0.2) is 206 Å². The molecule has 8 aromatic carbocycles. The first-order valence-corrected chi connectivity index (χ1v) is 18.2. The molecule has 0 aliphatic carbocycles. The van der Waals surface area contributed by atoms with E-state index in [9.17, 15) is 0 Å². The molecule has 0 saturated carbocycles. The molecule has 0 spiro atoms. The molecular formula is C52H40N2. The second kappa shape index (κ2) is 15.6. The van der Waals surface area contributed by atoms with Crippen LogP contribution in [-0.4, -0.2) is 0 Å². The Balaban J connectivity index is 1.15. The van der Waals surface area contributed by atoms with E-state index in [1.807, 2.05) is 24.3 Å². The van der Waals surface area contributed by atoms with Gasteiger partial charge in [-0.1, -0.05) is 182 Å². The van der Waals surface area contributed by atoms with E-state index in [-0.39, 0.29) is 0 Å². The van der Waals surface area contributed by atoms with Gasteiger partial charge in [0.05, 0.1) is 0 Å². The van der Waals surface area contributed by atoms with Crippen LogP contribution in [0.1, 0.15) is 33.4 Å². The van der Waals surface area contributed by atoms with Crippen LogP contribution in [-0.2, 0) is 0 Å². The highest BCUT2D eigenvalue weighted by Gasteiger charge is 2.12. The van der Waals surface area contributed by atoms with Gasteiger partial charge in [0.1, 0.15) is 0 Å². The van der Waals surface area contributed by atoms with Crippen molar-refractivity contribution >= 4 is 34.7 Å². The van der Waals surface area contributed by atoms with Crippen molar-refractivity contribution in [3.05, 3.63) is 240 Å². The van der Waals surface area contributed by atoms with Crippen molar-refractivity contribution in [3.63, 3.8) is 0 Å². The minimum atomic E-state index is 0.746. The first kappa shape index (κ1) is 34.0. The maximum Gasteiger partial charge on any atom is 0.0320 e. The molecule has 8 rings (SSSR count). The molecule has 0 aliphatic heterocycles. The third-order valence-electron chi connectivity index (χ3n) is 9.82. The van der Waals surface area contributed by atoms with E-state index in [0.717, 1.165) is 89.3 Å². The molecule has 0 saturated heterocycles. The zero-order chi connectivity index (χ0) is 36.7. The zero-order valence-electron chi connectivity index (χ0n) is 29.9.